The van der Waals surface area contributed by atoms with E-state index in [2.05, 4.69) is 20.8 Å². The summed E-state index contributed by atoms with van der Waals surface area (Å²) in [6, 6.07) is 0. The molecule has 3 heteroatoms. The van der Waals surface area contributed by atoms with Crippen molar-refractivity contribution in [2.24, 2.45) is 34.5 Å². The summed E-state index contributed by atoms with van der Waals surface area (Å²) in [5, 5.41) is 0.518. The molecule has 0 spiro atoms. The van der Waals surface area contributed by atoms with Gasteiger partial charge in [0.05, 0.1) is 0 Å². The first-order chi connectivity index (χ1) is 12.3. The third kappa shape index (κ3) is 2.59. The van der Waals surface area contributed by atoms with E-state index >= 15 is 0 Å². The summed E-state index contributed by atoms with van der Waals surface area (Å²) >= 11 is 2.02. The highest BCUT2D eigenvalue weighted by atomic mass is 32.2. The van der Waals surface area contributed by atoms with Crippen molar-refractivity contribution < 1.29 is 9.59 Å². The van der Waals surface area contributed by atoms with Crippen LogP contribution in [0.5, 0.6) is 0 Å². The molecule has 0 aromatic carbocycles. The van der Waals surface area contributed by atoms with Crippen LogP contribution in [0.2, 0.25) is 0 Å². The molecule has 0 heterocycles. The monoisotopic (exact) mass is 374 g/mol. The molecule has 26 heavy (non-hydrogen) atoms. The Bertz CT molecular complexity index is 653. The third-order valence-corrected chi connectivity index (χ3v) is 10.0. The lowest BCUT2D eigenvalue weighted by Crippen LogP contribution is -2.51. The highest BCUT2D eigenvalue weighted by Gasteiger charge is 2.62. The highest BCUT2D eigenvalue weighted by Crippen LogP contribution is 2.67. The van der Waals surface area contributed by atoms with Crippen molar-refractivity contribution >= 4 is 23.3 Å². The number of carbonyl (C=O) groups excluding carboxylic acids is 2. The summed E-state index contributed by atoms with van der Waals surface area (Å²) in [6.45, 7) is 8.95. The number of hydrogen-bond acceptors (Lipinski definition) is 3. The molecular formula is C23H34O2S. The first-order valence-electron chi connectivity index (χ1n) is 10.7. The van der Waals surface area contributed by atoms with Crippen molar-refractivity contribution in [3.05, 3.63) is 11.6 Å². The molecule has 4 aliphatic rings. The molecule has 4 aliphatic carbocycles. The molecule has 0 aromatic rings. The number of rotatable bonds is 3. The van der Waals surface area contributed by atoms with Gasteiger partial charge in [-0.1, -0.05) is 26.3 Å². The Balaban J connectivity index is 1.67. The predicted octanol–water partition coefficient (Wildman–Crippen LogP) is 5.46. The topological polar surface area (TPSA) is 34.1 Å². The van der Waals surface area contributed by atoms with Crippen LogP contribution >= 0.6 is 11.8 Å². The van der Waals surface area contributed by atoms with E-state index in [0.717, 1.165) is 30.9 Å². The minimum Gasteiger partial charge on any atom is -0.300 e. The van der Waals surface area contributed by atoms with Gasteiger partial charge >= 0.3 is 0 Å². The molecule has 2 nitrogen and oxygen atoms in total. The van der Waals surface area contributed by atoms with Crippen LogP contribution < -0.4 is 0 Å². The Morgan fingerprint density at radius 2 is 1.96 bits per heavy atom. The Kier molecular flexibility index (Phi) is 4.69. The number of allylic oxidation sites excluding steroid dienone is 1. The molecule has 0 radical (unpaired) electrons. The van der Waals surface area contributed by atoms with Crippen molar-refractivity contribution in [1.29, 1.82) is 0 Å². The summed E-state index contributed by atoms with van der Waals surface area (Å²) in [7, 11) is 0. The van der Waals surface area contributed by atoms with Gasteiger partial charge in [0.25, 0.3) is 0 Å². The normalized spacial score (nSPS) is 47.6. The van der Waals surface area contributed by atoms with Crippen LogP contribution in [-0.4, -0.2) is 22.6 Å². The highest BCUT2D eigenvalue weighted by molar-refractivity contribution is 7.99. The molecule has 3 unspecified atom stereocenters. The van der Waals surface area contributed by atoms with Gasteiger partial charge in [0.2, 0.25) is 0 Å². The van der Waals surface area contributed by atoms with Gasteiger partial charge in [-0.05, 0) is 85.9 Å². The lowest BCUT2D eigenvalue weighted by molar-refractivity contribution is -0.128. The maximum atomic E-state index is 12.6. The van der Waals surface area contributed by atoms with E-state index in [1.54, 1.807) is 0 Å². The van der Waals surface area contributed by atoms with E-state index in [-0.39, 0.29) is 16.7 Å². The van der Waals surface area contributed by atoms with Gasteiger partial charge in [-0.2, -0.15) is 11.8 Å². The molecule has 0 saturated heterocycles. The van der Waals surface area contributed by atoms with Crippen LogP contribution in [0.1, 0.15) is 72.6 Å². The lowest BCUT2D eigenvalue weighted by atomic mass is 9.46. The van der Waals surface area contributed by atoms with Crippen molar-refractivity contribution in [2.75, 3.05) is 5.75 Å². The Morgan fingerprint density at radius 3 is 2.65 bits per heavy atom. The molecule has 4 rings (SSSR count). The zero-order valence-corrected chi connectivity index (χ0v) is 17.7. The fourth-order valence-corrected chi connectivity index (χ4v) is 9.12. The molecule has 0 aliphatic heterocycles. The van der Waals surface area contributed by atoms with E-state index in [1.807, 2.05) is 24.8 Å². The Morgan fingerprint density at radius 1 is 1.19 bits per heavy atom. The fourth-order valence-electron chi connectivity index (χ4n) is 7.65. The second-order valence-electron chi connectivity index (χ2n) is 9.83. The number of hydrogen-bond donors (Lipinski definition) is 0. The van der Waals surface area contributed by atoms with Crippen LogP contribution in [0.4, 0.5) is 0 Å². The number of thioether (sulfide) groups is 1. The Labute approximate surface area is 163 Å². The van der Waals surface area contributed by atoms with Crippen LogP contribution in [0, 0.1) is 34.5 Å². The number of ketones is 2. The first-order valence-corrected chi connectivity index (χ1v) is 11.7. The Hall–Kier alpha value is -0.570. The van der Waals surface area contributed by atoms with Crippen LogP contribution in [0.3, 0.4) is 0 Å². The van der Waals surface area contributed by atoms with Gasteiger partial charge < -0.3 is 0 Å². The van der Waals surface area contributed by atoms with E-state index in [4.69, 9.17) is 0 Å². The van der Waals surface area contributed by atoms with Gasteiger partial charge in [-0.25, -0.2) is 0 Å². The maximum Gasteiger partial charge on any atom is 0.155 e. The molecule has 0 aromatic heterocycles. The number of fused-ring (bicyclic) bond motifs is 5. The van der Waals surface area contributed by atoms with Gasteiger partial charge in [0.1, 0.15) is 5.78 Å². The van der Waals surface area contributed by atoms with Gasteiger partial charge in [0.15, 0.2) is 5.78 Å². The molecule has 0 bridgehead atoms. The molecule has 3 saturated carbocycles. The zero-order valence-electron chi connectivity index (χ0n) is 16.8. The van der Waals surface area contributed by atoms with Crippen LogP contribution in [0.25, 0.3) is 0 Å². The van der Waals surface area contributed by atoms with Crippen LogP contribution in [0.15, 0.2) is 11.6 Å². The van der Waals surface area contributed by atoms with E-state index in [9.17, 15) is 9.59 Å². The van der Waals surface area contributed by atoms with Gasteiger partial charge in [0, 0.05) is 17.6 Å². The molecular weight excluding hydrogens is 340 g/mol. The first kappa shape index (κ1) is 18.8. The third-order valence-electron chi connectivity index (χ3n) is 8.79. The molecule has 3 fully saturated rings. The summed E-state index contributed by atoms with van der Waals surface area (Å²) in [4.78, 5) is 24.6. The lowest BCUT2D eigenvalue weighted by Gasteiger charge is -2.58. The molecule has 144 valence electrons. The smallest absolute Gasteiger partial charge is 0.155 e. The maximum absolute atomic E-state index is 12.6. The van der Waals surface area contributed by atoms with Crippen molar-refractivity contribution in [1.82, 2.24) is 0 Å². The number of carbonyl (C=O) groups is 2. The van der Waals surface area contributed by atoms with Crippen molar-refractivity contribution in [3.63, 3.8) is 0 Å². The summed E-state index contributed by atoms with van der Waals surface area (Å²) < 4.78 is 0. The quantitative estimate of drug-likeness (QED) is 0.658. The summed E-state index contributed by atoms with van der Waals surface area (Å²) in [5.41, 5.74) is 1.88. The van der Waals surface area contributed by atoms with E-state index in [0.29, 0.717) is 28.7 Å². The molecule has 0 amide bonds. The second kappa shape index (κ2) is 6.50. The second-order valence-corrected chi connectivity index (χ2v) is 11.3. The largest absolute Gasteiger partial charge is 0.300 e. The zero-order chi connectivity index (χ0) is 18.7. The molecule has 7 atom stereocenters. The SMILES string of the molecule is CCS[C@@H]1CC2C3CCC4=CC(=O)CC[C@@]4(C)C3CC[C@]2(C)[C@H]1C(C)=O. The van der Waals surface area contributed by atoms with E-state index in [1.165, 1.54) is 31.3 Å². The molecule has 0 N–H and O–H groups in total. The van der Waals surface area contributed by atoms with Crippen molar-refractivity contribution in [2.45, 2.75) is 77.9 Å². The minimum absolute atomic E-state index is 0.196. The standard InChI is InChI=1S/C23H34O2S/c1-5-26-20-13-19-17-7-6-15-12-16(25)8-10-22(15,3)18(17)9-11-23(19,4)21(20)14(2)24/h12,17-21H,5-11,13H2,1-4H3/t17?,18?,19?,20-,21+,22-,23+/m1/s1. The summed E-state index contributed by atoms with van der Waals surface area (Å²) in [6.07, 6.45) is 9.78. The van der Waals surface area contributed by atoms with Gasteiger partial charge in [-0.3, -0.25) is 9.59 Å². The summed E-state index contributed by atoms with van der Waals surface area (Å²) in [5.74, 6) is 4.27. The van der Waals surface area contributed by atoms with E-state index < -0.39 is 0 Å². The average Bonchev–Trinajstić information content (AvgIpc) is 2.88. The predicted molar refractivity (Wildman–Crippen MR) is 108 cm³/mol. The van der Waals surface area contributed by atoms with Crippen LogP contribution in [-0.2, 0) is 9.59 Å². The van der Waals surface area contributed by atoms with Crippen molar-refractivity contribution in [3.8, 4) is 0 Å². The fraction of sp³-hybridized carbons (Fsp3) is 0.826. The van der Waals surface area contributed by atoms with Gasteiger partial charge in [-0.15, -0.1) is 0 Å². The minimum atomic E-state index is 0.196. The number of Topliss-reactive ketones (excluding diaryl/α,β-unsaturated/α-hetero) is 1. The average molecular weight is 375 g/mol.